The minimum atomic E-state index is 0.335. The number of nitrogens with one attached hydrogen (secondary N) is 1. The van der Waals surface area contributed by atoms with Crippen LogP contribution in [0.4, 0.5) is 0 Å². The molecule has 0 saturated carbocycles. The van der Waals surface area contributed by atoms with Gasteiger partial charge < -0.3 is 9.88 Å². The molecule has 0 amide bonds. The van der Waals surface area contributed by atoms with Crippen molar-refractivity contribution in [3.8, 4) is 0 Å². The summed E-state index contributed by atoms with van der Waals surface area (Å²) >= 11 is 0. The highest BCUT2D eigenvalue weighted by molar-refractivity contribution is 5.12. The monoisotopic (exact) mass is 275 g/mol. The van der Waals surface area contributed by atoms with E-state index in [0.29, 0.717) is 12.1 Å². The van der Waals surface area contributed by atoms with E-state index in [-0.39, 0.29) is 0 Å². The number of nitrogens with zero attached hydrogens (tertiary/aromatic N) is 4. The van der Waals surface area contributed by atoms with Crippen LogP contribution in [0.1, 0.15) is 57.7 Å². The first-order valence-corrected chi connectivity index (χ1v) is 7.40. The third kappa shape index (κ3) is 3.28. The van der Waals surface area contributed by atoms with Crippen LogP contribution in [0.2, 0.25) is 0 Å². The quantitative estimate of drug-likeness (QED) is 0.845. The van der Waals surface area contributed by atoms with Crippen LogP contribution in [-0.4, -0.2) is 25.9 Å². The van der Waals surface area contributed by atoms with Gasteiger partial charge in [0, 0.05) is 24.0 Å². The highest BCUT2D eigenvalue weighted by Gasteiger charge is 2.13. The van der Waals surface area contributed by atoms with Gasteiger partial charge in [0.1, 0.15) is 12.2 Å². The topological polar surface area (TPSA) is 47.7 Å². The number of rotatable bonds is 7. The van der Waals surface area contributed by atoms with Gasteiger partial charge in [-0.1, -0.05) is 6.92 Å². The average molecular weight is 275 g/mol. The molecule has 110 valence electrons. The molecule has 2 rings (SSSR count). The van der Waals surface area contributed by atoms with Crippen LogP contribution in [-0.2, 0) is 6.54 Å². The van der Waals surface area contributed by atoms with Gasteiger partial charge in [0.25, 0.3) is 0 Å². The van der Waals surface area contributed by atoms with E-state index >= 15 is 0 Å². The van der Waals surface area contributed by atoms with Crippen molar-refractivity contribution in [3.63, 3.8) is 0 Å². The Morgan fingerprint density at radius 2 is 2.10 bits per heavy atom. The van der Waals surface area contributed by atoms with Crippen LogP contribution in [0.3, 0.4) is 0 Å². The van der Waals surface area contributed by atoms with Crippen molar-refractivity contribution in [2.24, 2.45) is 0 Å². The summed E-state index contributed by atoms with van der Waals surface area (Å²) in [4.78, 5) is 4.39. The summed E-state index contributed by atoms with van der Waals surface area (Å²) < 4.78 is 4.23. The van der Waals surface area contributed by atoms with Gasteiger partial charge in [-0.2, -0.15) is 5.10 Å². The molecule has 2 heterocycles. The molecule has 1 atom stereocenters. The van der Waals surface area contributed by atoms with E-state index in [4.69, 9.17) is 0 Å². The van der Waals surface area contributed by atoms with Crippen molar-refractivity contribution < 1.29 is 0 Å². The van der Waals surface area contributed by atoms with Crippen LogP contribution in [0.5, 0.6) is 0 Å². The van der Waals surface area contributed by atoms with E-state index in [1.807, 2.05) is 4.68 Å². The normalized spacial score (nSPS) is 13.1. The molecule has 0 bridgehead atoms. The highest BCUT2D eigenvalue weighted by atomic mass is 15.4. The zero-order valence-electron chi connectivity index (χ0n) is 12.9. The van der Waals surface area contributed by atoms with Crippen LogP contribution in [0, 0.1) is 0 Å². The van der Waals surface area contributed by atoms with E-state index in [1.54, 1.807) is 6.33 Å². The lowest BCUT2D eigenvalue weighted by atomic mass is 10.2. The van der Waals surface area contributed by atoms with Crippen LogP contribution in [0.25, 0.3) is 0 Å². The van der Waals surface area contributed by atoms with Gasteiger partial charge in [-0.25, -0.2) is 9.67 Å². The first-order chi connectivity index (χ1) is 9.63. The van der Waals surface area contributed by atoms with Crippen LogP contribution < -0.4 is 5.32 Å². The molecule has 0 saturated heterocycles. The van der Waals surface area contributed by atoms with Crippen LogP contribution in [0.15, 0.2) is 24.7 Å². The smallest absolute Gasteiger partial charge is 0.147 e. The summed E-state index contributed by atoms with van der Waals surface area (Å²) in [6, 6.07) is 4.95. The summed E-state index contributed by atoms with van der Waals surface area (Å²) in [5.74, 6) is 1.00. The van der Waals surface area contributed by atoms with Crippen molar-refractivity contribution in [1.29, 1.82) is 0 Å². The molecule has 0 aromatic carbocycles. The first-order valence-electron chi connectivity index (χ1n) is 7.40. The second-order valence-electron chi connectivity index (χ2n) is 5.45. The van der Waals surface area contributed by atoms with E-state index < -0.39 is 0 Å². The molecule has 5 heteroatoms. The third-order valence-electron chi connectivity index (χ3n) is 3.46. The molecule has 2 aromatic heterocycles. The molecule has 20 heavy (non-hydrogen) atoms. The molecule has 1 unspecified atom stereocenters. The second-order valence-corrected chi connectivity index (χ2v) is 5.45. The Hall–Kier alpha value is -1.62. The van der Waals surface area contributed by atoms with Gasteiger partial charge in [-0.3, -0.25) is 0 Å². The standard InChI is InChI=1S/C15H25N5/c1-5-8-16-13(4)14-7-6-9-19(14)10-15-17-11-18-20(15)12(2)3/h6-7,9,11-13,16H,5,8,10H2,1-4H3. The maximum Gasteiger partial charge on any atom is 0.147 e. The Kier molecular flexibility index (Phi) is 4.95. The largest absolute Gasteiger partial charge is 0.342 e. The van der Waals surface area contributed by atoms with Crippen molar-refractivity contribution in [1.82, 2.24) is 24.6 Å². The lowest BCUT2D eigenvalue weighted by Crippen LogP contribution is -2.22. The molecule has 2 aromatic rings. The van der Waals surface area contributed by atoms with E-state index in [9.17, 15) is 0 Å². The zero-order valence-corrected chi connectivity index (χ0v) is 12.9. The van der Waals surface area contributed by atoms with Gasteiger partial charge in [0.05, 0.1) is 6.54 Å². The average Bonchev–Trinajstić information content (AvgIpc) is 3.05. The summed E-state index contributed by atoms with van der Waals surface area (Å²) in [6.45, 7) is 10.4. The molecule has 1 N–H and O–H groups in total. The Bertz CT molecular complexity index is 526. The van der Waals surface area contributed by atoms with Crippen molar-refractivity contribution >= 4 is 0 Å². The SMILES string of the molecule is CCCNC(C)c1cccn1Cc1ncnn1C(C)C. The number of hydrogen-bond acceptors (Lipinski definition) is 3. The minimum Gasteiger partial charge on any atom is -0.342 e. The summed E-state index contributed by atoms with van der Waals surface area (Å²) in [5.41, 5.74) is 1.29. The maximum atomic E-state index is 4.39. The first kappa shape index (κ1) is 14.8. The van der Waals surface area contributed by atoms with Gasteiger partial charge in [0.2, 0.25) is 0 Å². The van der Waals surface area contributed by atoms with Gasteiger partial charge >= 0.3 is 0 Å². The molecule has 0 fully saturated rings. The Morgan fingerprint density at radius 3 is 2.80 bits per heavy atom. The lowest BCUT2D eigenvalue weighted by Gasteiger charge is -2.17. The van der Waals surface area contributed by atoms with Crippen molar-refractivity contribution in [2.45, 2.75) is 52.7 Å². The predicted octanol–water partition coefficient (Wildman–Crippen LogP) is 2.77. The van der Waals surface area contributed by atoms with Crippen LogP contribution >= 0.6 is 0 Å². The predicted molar refractivity (Wildman–Crippen MR) is 80.6 cm³/mol. The molecule has 0 aliphatic heterocycles. The molecule has 0 radical (unpaired) electrons. The molecular formula is C15H25N5. The molecule has 0 spiro atoms. The maximum absolute atomic E-state index is 4.39. The highest BCUT2D eigenvalue weighted by Crippen LogP contribution is 2.15. The zero-order chi connectivity index (χ0) is 14.5. The van der Waals surface area contributed by atoms with Crippen molar-refractivity contribution in [3.05, 3.63) is 36.2 Å². The number of hydrogen-bond donors (Lipinski definition) is 1. The minimum absolute atomic E-state index is 0.335. The fourth-order valence-electron chi connectivity index (χ4n) is 2.40. The fraction of sp³-hybridized carbons (Fsp3) is 0.600. The Labute approximate surface area is 121 Å². The Balaban J connectivity index is 2.14. The summed E-state index contributed by atoms with van der Waals surface area (Å²) in [7, 11) is 0. The van der Waals surface area contributed by atoms with Gasteiger partial charge in [-0.05, 0) is 45.9 Å². The Morgan fingerprint density at radius 1 is 1.30 bits per heavy atom. The van der Waals surface area contributed by atoms with Gasteiger partial charge in [0.15, 0.2) is 0 Å². The fourth-order valence-corrected chi connectivity index (χ4v) is 2.40. The number of aromatic nitrogens is 4. The third-order valence-corrected chi connectivity index (χ3v) is 3.46. The molecule has 5 nitrogen and oxygen atoms in total. The molecule has 0 aliphatic rings. The van der Waals surface area contributed by atoms with E-state index in [2.05, 4.69) is 66.0 Å². The molecular weight excluding hydrogens is 250 g/mol. The van der Waals surface area contributed by atoms with Gasteiger partial charge in [-0.15, -0.1) is 0 Å². The lowest BCUT2D eigenvalue weighted by molar-refractivity contribution is 0.484. The summed E-state index contributed by atoms with van der Waals surface area (Å²) in [5, 5.41) is 7.83. The second kappa shape index (κ2) is 6.70. The summed E-state index contributed by atoms with van der Waals surface area (Å²) in [6.07, 6.45) is 4.89. The molecule has 0 aliphatic carbocycles. The van der Waals surface area contributed by atoms with Crippen molar-refractivity contribution in [2.75, 3.05) is 6.54 Å². The van der Waals surface area contributed by atoms with E-state index in [1.165, 1.54) is 5.69 Å². The van der Waals surface area contributed by atoms with E-state index in [0.717, 1.165) is 25.3 Å².